The number of hydrogen-bond donors (Lipinski definition) is 1. The average Bonchev–Trinajstić information content (AvgIpc) is 3.01. The zero-order chi connectivity index (χ0) is 21.9. The van der Waals surface area contributed by atoms with Crippen LogP contribution >= 0.6 is 0 Å². The second-order valence-electron chi connectivity index (χ2n) is 8.10. The Morgan fingerprint density at radius 3 is 2.60 bits per heavy atom. The highest BCUT2D eigenvalue weighted by atomic mass is 32.2. The fraction of sp³-hybridized carbons (Fsp3) is 0.333. The summed E-state index contributed by atoms with van der Waals surface area (Å²) in [5, 5.41) is 0. The topological polar surface area (TPSA) is 98.5 Å². The van der Waals surface area contributed by atoms with Gasteiger partial charge in [0.25, 0.3) is 0 Å². The predicted octanol–water partition coefficient (Wildman–Crippen LogP) is 3.42. The summed E-state index contributed by atoms with van der Waals surface area (Å²) in [4.78, 5) is 8.64. The van der Waals surface area contributed by atoms with Crippen molar-refractivity contribution in [2.75, 3.05) is 5.75 Å². The number of sulfone groups is 1. The molecule has 30 heavy (non-hydrogen) atoms. The zero-order valence-corrected chi connectivity index (χ0v) is 17.6. The molecule has 1 aromatic heterocycles. The van der Waals surface area contributed by atoms with Gasteiger partial charge in [0.2, 0.25) is 0 Å². The normalized spacial score (nSPS) is 26.0. The molecule has 0 fully saturated rings. The van der Waals surface area contributed by atoms with Crippen LogP contribution in [0.3, 0.4) is 0 Å². The first-order valence-electron chi connectivity index (χ1n) is 9.33. The molecule has 0 saturated heterocycles. The maximum Gasteiger partial charge on any atom is 0.192 e. The Labute approximate surface area is 172 Å². The standard InChI is InChI=1S/C21H21F2N3O3S/c1-12-25-17-8-13(4-7-18(17)29-12)10-21(3)19(24)26-20(2,11-30(21,27)28)15-9-14(22)5-6-16(15)23/h4-9H,10-11H2,1-3H3,(H2,24,26). The Kier molecular flexibility index (Phi) is 4.50. The summed E-state index contributed by atoms with van der Waals surface area (Å²) in [7, 11) is -3.89. The number of fused-ring (bicyclic) bond motifs is 1. The van der Waals surface area contributed by atoms with E-state index in [9.17, 15) is 17.2 Å². The summed E-state index contributed by atoms with van der Waals surface area (Å²) in [6, 6.07) is 8.12. The molecule has 0 saturated carbocycles. The number of aryl methyl sites for hydroxylation is 1. The van der Waals surface area contributed by atoms with Gasteiger partial charge in [-0.05, 0) is 56.2 Å². The van der Waals surface area contributed by atoms with E-state index in [1.54, 1.807) is 25.1 Å². The lowest BCUT2D eigenvalue weighted by atomic mass is 9.92. The summed E-state index contributed by atoms with van der Waals surface area (Å²) in [6.45, 7) is 4.67. The third-order valence-electron chi connectivity index (χ3n) is 5.68. The first kappa shape index (κ1) is 20.5. The lowest BCUT2D eigenvalue weighted by molar-refractivity contribution is 0.466. The third kappa shape index (κ3) is 3.17. The van der Waals surface area contributed by atoms with Gasteiger partial charge in [-0.2, -0.15) is 0 Å². The molecule has 6 nitrogen and oxygen atoms in total. The van der Waals surface area contributed by atoms with Crippen LogP contribution in [0.15, 0.2) is 45.8 Å². The van der Waals surface area contributed by atoms with E-state index >= 15 is 0 Å². The minimum absolute atomic E-state index is 0.0637. The zero-order valence-electron chi connectivity index (χ0n) is 16.7. The van der Waals surface area contributed by atoms with Gasteiger partial charge in [0.15, 0.2) is 21.3 Å². The van der Waals surface area contributed by atoms with Gasteiger partial charge in [0.05, 0.1) is 5.75 Å². The van der Waals surface area contributed by atoms with E-state index in [1.807, 2.05) is 0 Å². The lowest BCUT2D eigenvalue weighted by Gasteiger charge is -2.40. The van der Waals surface area contributed by atoms with Crippen LogP contribution in [0.2, 0.25) is 0 Å². The number of nitrogens with two attached hydrogens (primary N) is 1. The minimum atomic E-state index is -3.89. The molecule has 0 bridgehead atoms. The van der Waals surface area contributed by atoms with Crippen molar-refractivity contribution in [2.24, 2.45) is 10.7 Å². The Bertz CT molecular complexity index is 1300. The molecule has 2 atom stereocenters. The molecule has 0 spiro atoms. The van der Waals surface area contributed by atoms with Crippen molar-refractivity contribution >= 4 is 26.8 Å². The monoisotopic (exact) mass is 433 g/mol. The predicted molar refractivity (Wildman–Crippen MR) is 110 cm³/mol. The molecular formula is C21H21F2N3O3S. The SMILES string of the molecule is Cc1nc2cc(CC3(C)C(N)=NC(C)(c4cc(F)ccc4F)CS3(=O)=O)ccc2o1. The Morgan fingerprint density at radius 1 is 1.17 bits per heavy atom. The number of oxazole rings is 1. The summed E-state index contributed by atoms with van der Waals surface area (Å²) in [6.07, 6.45) is 0.0637. The summed E-state index contributed by atoms with van der Waals surface area (Å²) in [5.74, 6) is -1.54. The third-order valence-corrected chi connectivity index (χ3v) is 8.34. The number of rotatable bonds is 3. The minimum Gasteiger partial charge on any atom is -0.441 e. The van der Waals surface area contributed by atoms with Crippen LogP contribution in [0.1, 0.15) is 30.9 Å². The van der Waals surface area contributed by atoms with E-state index in [0.717, 1.165) is 18.2 Å². The molecular weight excluding hydrogens is 412 g/mol. The maximum absolute atomic E-state index is 14.4. The van der Waals surface area contributed by atoms with Crippen LogP contribution in [-0.2, 0) is 21.8 Å². The van der Waals surface area contributed by atoms with Crippen molar-refractivity contribution in [3.05, 3.63) is 65.1 Å². The fourth-order valence-electron chi connectivity index (χ4n) is 3.94. The number of hydrogen-bond acceptors (Lipinski definition) is 6. The van der Waals surface area contributed by atoms with Crippen LogP contribution in [0.5, 0.6) is 0 Å². The van der Waals surface area contributed by atoms with Crippen LogP contribution in [0.25, 0.3) is 11.1 Å². The molecule has 2 N–H and O–H groups in total. The van der Waals surface area contributed by atoms with Gasteiger partial charge in [-0.3, -0.25) is 4.99 Å². The van der Waals surface area contributed by atoms with Crippen LogP contribution < -0.4 is 5.73 Å². The number of aromatic nitrogens is 1. The van der Waals surface area contributed by atoms with E-state index in [-0.39, 0.29) is 17.8 Å². The van der Waals surface area contributed by atoms with Gasteiger partial charge in [-0.15, -0.1) is 0 Å². The molecule has 2 unspecified atom stereocenters. The molecule has 1 aliphatic rings. The van der Waals surface area contributed by atoms with Gasteiger partial charge in [-0.25, -0.2) is 22.2 Å². The highest BCUT2D eigenvalue weighted by Gasteiger charge is 2.52. The van der Waals surface area contributed by atoms with E-state index in [1.165, 1.54) is 13.8 Å². The Hall–Kier alpha value is -2.81. The molecule has 1 aliphatic heterocycles. The molecule has 2 heterocycles. The largest absolute Gasteiger partial charge is 0.441 e. The molecule has 2 aromatic carbocycles. The number of halogens is 2. The van der Waals surface area contributed by atoms with Crippen molar-refractivity contribution in [1.29, 1.82) is 0 Å². The number of nitrogens with zero attached hydrogens (tertiary/aromatic N) is 2. The van der Waals surface area contributed by atoms with Crippen LogP contribution in [0.4, 0.5) is 8.78 Å². The van der Waals surface area contributed by atoms with Gasteiger partial charge >= 0.3 is 0 Å². The van der Waals surface area contributed by atoms with Crippen LogP contribution in [0, 0.1) is 18.6 Å². The Morgan fingerprint density at radius 2 is 1.90 bits per heavy atom. The smallest absolute Gasteiger partial charge is 0.192 e. The first-order valence-corrected chi connectivity index (χ1v) is 11.0. The average molecular weight is 433 g/mol. The Balaban J connectivity index is 1.78. The van der Waals surface area contributed by atoms with Crippen molar-refractivity contribution < 1.29 is 21.6 Å². The number of amidine groups is 1. The summed E-state index contributed by atoms with van der Waals surface area (Å²) < 4.78 is 58.8. The second kappa shape index (κ2) is 6.60. The first-order chi connectivity index (χ1) is 13.9. The number of aliphatic imine (C=N–C) groups is 1. The van der Waals surface area contributed by atoms with E-state index in [4.69, 9.17) is 10.2 Å². The van der Waals surface area contributed by atoms with Crippen molar-refractivity contribution in [1.82, 2.24) is 4.98 Å². The van der Waals surface area contributed by atoms with Gasteiger partial charge in [-0.1, -0.05) is 6.07 Å². The van der Waals surface area contributed by atoms with Crippen LogP contribution in [-0.4, -0.2) is 29.7 Å². The number of benzene rings is 2. The van der Waals surface area contributed by atoms with Crippen molar-refractivity contribution in [2.45, 2.75) is 37.5 Å². The highest BCUT2D eigenvalue weighted by Crippen LogP contribution is 2.39. The molecule has 4 rings (SSSR count). The second-order valence-corrected chi connectivity index (χ2v) is 10.5. The molecule has 0 radical (unpaired) electrons. The summed E-state index contributed by atoms with van der Waals surface area (Å²) >= 11 is 0. The molecule has 0 amide bonds. The van der Waals surface area contributed by atoms with E-state index in [0.29, 0.717) is 22.6 Å². The lowest BCUT2D eigenvalue weighted by Crippen LogP contribution is -2.57. The molecule has 3 aromatic rings. The fourth-order valence-corrected chi connectivity index (χ4v) is 5.97. The molecule has 158 valence electrons. The van der Waals surface area contributed by atoms with Crippen molar-refractivity contribution in [3.8, 4) is 0 Å². The quantitative estimate of drug-likeness (QED) is 0.682. The molecule has 9 heteroatoms. The van der Waals surface area contributed by atoms with Gasteiger partial charge < -0.3 is 10.2 Å². The summed E-state index contributed by atoms with van der Waals surface area (Å²) in [5.41, 5.74) is 6.42. The maximum atomic E-state index is 14.4. The van der Waals surface area contributed by atoms with Gasteiger partial charge in [0.1, 0.15) is 33.3 Å². The molecule has 0 aliphatic carbocycles. The highest BCUT2D eigenvalue weighted by molar-refractivity contribution is 7.93. The van der Waals surface area contributed by atoms with Gasteiger partial charge in [0, 0.05) is 12.5 Å². The van der Waals surface area contributed by atoms with Crippen molar-refractivity contribution in [3.63, 3.8) is 0 Å². The van der Waals surface area contributed by atoms with E-state index in [2.05, 4.69) is 9.98 Å². The van der Waals surface area contributed by atoms with E-state index < -0.39 is 37.5 Å².